The zero-order valence-electron chi connectivity index (χ0n) is 14.4. The van der Waals surface area contributed by atoms with Gasteiger partial charge in [-0.1, -0.05) is 46.5 Å². The highest BCUT2D eigenvalue weighted by Gasteiger charge is 1.95. The molecule has 0 unspecified atom stereocenters. The third-order valence-corrected chi connectivity index (χ3v) is 1.56. The average molecular weight is 133 g/mol. The Morgan fingerprint density at radius 3 is 1.88 bits per heavy atom. The summed E-state index contributed by atoms with van der Waals surface area (Å²) in [6.45, 7) is 6.85. The Balaban J connectivity index is -0.0000000287. The van der Waals surface area contributed by atoms with Crippen molar-refractivity contribution < 1.29 is 13.3 Å². The molecule has 60 valence electrons. The molecule has 8 heavy (non-hydrogen) atoms. The molecule has 0 aliphatic carbocycles. The van der Waals surface area contributed by atoms with Gasteiger partial charge in [0, 0.05) is 13.3 Å². The van der Waals surface area contributed by atoms with Gasteiger partial charge in [0.2, 0.25) is 0 Å². The Hall–Kier alpha value is 0. The van der Waals surface area contributed by atoms with Gasteiger partial charge in [-0.3, -0.25) is 0 Å². The van der Waals surface area contributed by atoms with Gasteiger partial charge in [-0.25, -0.2) is 0 Å². The molecule has 0 aromatic rings. The van der Waals surface area contributed by atoms with Crippen molar-refractivity contribution in [3.63, 3.8) is 0 Å². The van der Waals surface area contributed by atoms with Crippen molar-refractivity contribution in [1.29, 1.82) is 0 Å². The van der Waals surface area contributed by atoms with E-state index in [1.54, 1.807) is 0 Å². The van der Waals surface area contributed by atoms with Crippen molar-refractivity contribution in [1.82, 2.24) is 0 Å². The lowest BCUT2D eigenvalue weighted by Gasteiger charge is -2.05. The van der Waals surface area contributed by atoms with Crippen molar-refractivity contribution in [2.75, 3.05) is 0 Å². The first kappa shape index (κ1) is 3.24. The second-order valence-corrected chi connectivity index (χ2v) is 2.68. The summed E-state index contributed by atoms with van der Waals surface area (Å²) < 4.78 is 40.0. The van der Waals surface area contributed by atoms with Crippen molar-refractivity contribution in [3.05, 3.63) is 0 Å². The van der Waals surface area contributed by atoms with E-state index in [0.717, 1.165) is 5.92 Å². The summed E-state index contributed by atoms with van der Waals surface area (Å²) in [7, 11) is 0. The average Bonchev–Trinajstić information content (AvgIpc) is 2.40. The van der Waals surface area contributed by atoms with E-state index in [4.69, 9.17) is 11.9 Å². The van der Waals surface area contributed by atoms with Crippen molar-refractivity contribution in [2.24, 2.45) is 5.92 Å². The lowest BCUT2D eigenvalue weighted by atomic mass is 10.0. The molecule has 0 aliphatic heterocycles. The van der Waals surface area contributed by atoms with Crippen LogP contribution in [0.25, 0.3) is 0 Å². The van der Waals surface area contributed by atoms with Gasteiger partial charge >= 0.3 is 0 Å². The van der Waals surface area contributed by atoms with E-state index in [-0.39, 0.29) is 1.43 Å². The van der Waals surface area contributed by atoms with E-state index in [9.17, 15) is 0 Å². The van der Waals surface area contributed by atoms with Crippen LogP contribution >= 0.6 is 0 Å². The van der Waals surface area contributed by atoms with Crippen LogP contribution in [0.5, 0.6) is 0 Å². The van der Waals surface area contributed by atoms with Crippen LogP contribution in [0.15, 0.2) is 0 Å². The molecule has 0 radical (unpaired) electrons. The van der Waals surface area contributed by atoms with Crippen LogP contribution in [0, 0.1) is 5.92 Å². The Bertz CT molecular complexity index is 50.3. The molecule has 0 heterocycles. The molecule has 0 spiro atoms. The summed E-state index contributed by atoms with van der Waals surface area (Å²) in [6.07, 6.45) is 5.52. The van der Waals surface area contributed by atoms with Gasteiger partial charge in [0.05, 0.1) is 0 Å². The molecule has 0 nitrogen and oxygen atoms in total. The van der Waals surface area contributed by atoms with Crippen molar-refractivity contribution >= 4 is 0 Å². The van der Waals surface area contributed by atoms with E-state index < -0.39 is 0 Å². The zero-order chi connectivity index (χ0) is 14.4. The molecular formula is C8H28. The SMILES string of the molecule is CCCC(C)CCC.[2HH].[2H][2H].[2H][2H].[2H][2H].[2H][2H]. The van der Waals surface area contributed by atoms with Crippen LogP contribution in [0.2, 0.25) is 0 Å². The van der Waals surface area contributed by atoms with E-state index >= 15 is 0 Å². The molecule has 0 amide bonds. The summed E-state index contributed by atoms with van der Waals surface area (Å²) in [5, 5.41) is 0. The molecule has 0 aromatic heterocycles. The van der Waals surface area contributed by atoms with E-state index in [0.29, 0.717) is 0 Å². The minimum Gasteiger partial charge on any atom is -0.0654 e. The van der Waals surface area contributed by atoms with Gasteiger partial charge in [-0.2, -0.15) is 0 Å². The first-order valence-corrected chi connectivity index (χ1v) is 3.81. The lowest BCUT2D eigenvalue weighted by Crippen LogP contribution is -1.91. The predicted octanol–water partition coefficient (Wildman–Crippen LogP) is 4.45. The zero-order valence-corrected chi connectivity index (χ0v) is 6.41. The molecule has 0 bridgehead atoms. The molecule has 0 fully saturated rings. The highest BCUT2D eigenvalue weighted by Crippen LogP contribution is 2.10. The summed E-state index contributed by atoms with van der Waals surface area (Å²) in [5.41, 5.74) is 0. The second kappa shape index (κ2) is 5.14. The first-order chi connectivity index (χ1) is 7.81. The molecule has 0 saturated heterocycles. The maximum Gasteiger partial charge on any atom is 0 e. The molecular weight excluding hydrogens is 96.1 g/mol. The van der Waals surface area contributed by atoms with Gasteiger partial charge in [0.15, 0.2) is 0 Å². The third kappa shape index (κ3) is 4.17. The monoisotopic (exact) mass is 133 g/mol. The fraction of sp³-hybridized carbons (Fsp3) is 1.00. The standard InChI is InChI=1S/C8H18.5H2/c1-4-6-8(3)7-5-2;;;;;/h8H,4-7H2,1-3H3;5*1H/i;4*1+1D;1+1. The largest absolute Gasteiger partial charge is 0.0654 e. The smallest absolute Gasteiger partial charge is 0 e. The highest BCUT2D eigenvalue weighted by molar-refractivity contribution is 4.48. The van der Waals surface area contributed by atoms with Gasteiger partial charge < -0.3 is 0 Å². The number of hydrogen-bond donors (Lipinski definition) is 0. The van der Waals surface area contributed by atoms with Crippen LogP contribution < -0.4 is 0 Å². The van der Waals surface area contributed by atoms with Crippen LogP contribution in [0.4, 0.5) is 0 Å². The lowest BCUT2D eigenvalue weighted by molar-refractivity contribution is 0.480. The van der Waals surface area contributed by atoms with Crippen LogP contribution in [0.3, 0.4) is 0 Å². The van der Waals surface area contributed by atoms with Crippen molar-refractivity contribution in [2.45, 2.75) is 46.5 Å². The molecule has 0 aromatic carbocycles. The summed E-state index contributed by atoms with van der Waals surface area (Å²) >= 11 is 0. The van der Waals surface area contributed by atoms with E-state index in [2.05, 4.69) is 20.8 Å². The van der Waals surface area contributed by atoms with Crippen molar-refractivity contribution in [3.8, 4) is 0 Å². The van der Waals surface area contributed by atoms with Crippen LogP contribution in [-0.4, -0.2) is 0 Å². The predicted molar refractivity (Wildman–Crippen MR) is 49.6 cm³/mol. The topological polar surface area (TPSA) is 0 Å². The van der Waals surface area contributed by atoms with E-state index in [1.807, 2.05) is 0 Å². The van der Waals surface area contributed by atoms with Crippen LogP contribution in [-0.2, 0) is 0 Å². The quantitative estimate of drug-likeness (QED) is 0.531. The Labute approximate surface area is 67.1 Å². The van der Waals surface area contributed by atoms with E-state index in [1.165, 1.54) is 25.7 Å². The van der Waals surface area contributed by atoms with Gasteiger partial charge in [-0.15, -0.1) is 0 Å². The molecule has 0 heteroatoms. The Morgan fingerprint density at radius 2 is 1.62 bits per heavy atom. The fourth-order valence-electron chi connectivity index (χ4n) is 1.13. The fourth-order valence-corrected chi connectivity index (χ4v) is 1.13. The normalized spacial score (nSPS) is 14.5. The number of hydrogen-bond acceptors (Lipinski definition) is 0. The minimum atomic E-state index is 0. The molecule has 0 aliphatic rings. The highest BCUT2D eigenvalue weighted by atomic mass is 14.0. The second-order valence-electron chi connectivity index (χ2n) is 2.68. The number of rotatable bonds is 4. The maximum absolute atomic E-state index is 5.00. The maximum atomic E-state index is 5.00. The Morgan fingerprint density at radius 1 is 1.25 bits per heavy atom. The third-order valence-electron chi connectivity index (χ3n) is 1.56. The minimum absolute atomic E-state index is 0. The summed E-state index contributed by atoms with van der Waals surface area (Å²) in [6, 6.07) is 0. The summed E-state index contributed by atoms with van der Waals surface area (Å²) in [5.74, 6) is 0.963. The molecule has 0 rings (SSSR count). The first-order valence-electron chi connectivity index (χ1n) is 7.81. The molecule has 0 N–H and O–H groups in total. The van der Waals surface area contributed by atoms with Gasteiger partial charge in [0.1, 0.15) is 0 Å². The van der Waals surface area contributed by atoms with Crippen LogP contribution in [0.1, 0.15) is 59.8 Å². The van der Waals surface area contributed by atoms with Gasteiger partial charge in [0.25, 0.3) is 0 Å². The van der Waals surface area contributed by atoms with Gasteiger partial charge in [-0.05, 0) is 5.92 Å². The molecule has 0 saturated carbocycles. The Kier molecular flexibility index (Phi) is 2.08. The molecule has 0 atom stereocenters. The summed E-state index contributed by atoms with van der Waals surface area (Å²) in [4.78, 5) is 0.